The van der Waals surface area contributed by atoms with Gasteiger partial charge in [-0.1, -0.05) is 78.0 Å². The summed E-state index contributed by atoms with van der Waals surface area (Å²) >= 11 is 0. The van der Waals surface area contributed by atoms with Crippen molar-refractivity contribution >= 4 is 5.78 Å². The fraction of sp³-hybridized carbons (Fsp3) is 0.500. The van der Waals surface area contributed by atoms with Gasteiger partial charge in [0.25, 0.3) is 0 Å². The Morgan fingerprint density at radius 3 is 1.37 bits per heavy atom. The van der Waals surface area contributed by atoms with Crippen molar-refractivity contribution in [1.82, 2.24) is 0 Å². The molecule has 0 aromatic rings. The number of ketones is 1. The maximum absolute atomic E-state index is 13.3. The molecule has 144 valence electrons. The Bertz CT molecular complexity index is 752. The minimum Gasteiger partial charge on any atom is -0.289 e. The van der Waals surface area contributed by atoms with E-state index in [1.54, 1.807) is 0 Å². The molecule has 0 aromatic carbocycles. The first-order valence-electron chi connectivity index (χ1n) is 10.3. The first-order chi connectivity index (χ1) is 12.6. The molecule has 0 aliphatic heterocycles. The fourth-order valence-corrected chi connectivity index (χ4v) is 4.12. The lowest BCUT2D eigenvalue weighted by Crippen LogP contribution is -2.18. The third-order valence-corrected chi connectivity index (χ3v) is 5.92. The summed E-state index contributed by atoms with van der Waals surface area (Å²) in [6, 6.07) is 0. The number of carbonyl (C=O) groups is 1. The van der Waals surface area contributed by atoms with E-state index in [0.29, 0.717) is 5.78 Å². The number of hydrogen-bond acceptors (Lipinski definition) is 1. The highest BCUT2D eigenvalue weighted by molar-refractivity contribution is 6.10. The number of hydrogen-bond donors (Lipinski definition) is 0. The van der Waals surface area contributed by atoms with Crippen LogP contribution in [-0.4, -0.2) is 5.78 Å². The third-order valence-electron chi connectivity index (χ3n) is 5.92. The second-order valence-corrected chi connectivity index (χ2v) is 10.1. The quantitative estimate of drug-likeness (QED) is 0.416. The lowest BCUT2D eigenvalue weighted by atomic mass is 9.77. The molecule has 0 unspecified atom stereocenters. The van der Waals surface area contributed by atoms with E-state index in [0.717, 1.165) is 43.3 Å². The second kappa shape index (κ2) is 7.26. The Morgan fingerprint density at radius 1 is 0.667 bits per heavy atom. The highest BCUT2D eigenvalue weighted by Crippen LogP contribution is 2.37. The van der Waals surface area contributed by atoms with E-state index in [1.807, 2.05) is 0 Å². The lowest BCUT2D eigenvalue weighted by Gasteiger charge is -2.27. The second-order valence-electron chi connectivity index (χ2n) is 10.1. The van der Waals surface area contributed by atoms with Crippen LogP contribution in [0.2, 0.25) is 0 Å². The van der Waals surface area contributed by atoms with E-state index in [9.17, 15) is 4.79 Å². The van der Waals surface area contributed by atoms with Crippen molar-refractivity contribution < 1.29 is 4.79 Å². The first kappa shape index (κ1) is 19.9. The summed E-state index contributed by atoms with van der Waals surface area (Å²) < 4.78 is 0. The standard InChI is InChI=1S/C26H34O/c1-25(2,3)20-14-10-18(11-15-20)22-8-7-9-23(24(22)27)19-12-16-21(17-13-19)26(4,5)6/h10,12,14-17H,7-9,11,13H2,1-6H3. The number of Topliss-reactive ketones (excluding diaryl/α,β-unsaturated/α-hetero) is 1. The van der Waals surface area contributed by atoms with Gasteiger partial charge in [0.2, 0.25) is 0 Å². The summed E-state index contributed by atoms with van der Waals surface area (Å²) in [5.41, 5.74) is 7.59. The summed E-state index contributed by atoms with van der Waals surface area (Å²) in [6.07, 6.45) is 18.1. The van der Waals surface area contributed by atoms with Crippen LogP contribution in [0.5, 0.6) is 0 Å². The van der Waals surface area contributed by atoms with Gasteiger partial charge >= 0.3 is 0 Å². The van der Waals surface area contributed by atoms with Gasteiger partial charge in [-0.2, -0.15) is 0 Å². The Balaban J connectivity index is 1.85. The maximum Gasteiger partial charge on any atom is 0.185 e. The van der Waals surface area contributed by atoms with Crippen molar-refractivity contribution in [3.05, 3.63) is 69.9 Å². The van der Waals surface area contributed by atoms with Gasteiger partial charge in [-0.05, 0) is 65.2 Å². The Labute approximate surface area is 165 Å². The molecule has 1 heteroatoms. The highest BCUT2D eigenvalue weighted by Gasteiger charge is 2.27. The minimum atomic E-state index is 0.167. The normalized spacial score (nSPS) is 27.0. The van der Waals surface area contributed by atoms with Crippen LogP contribution in [-0.2, 0) is 4.79 Å². The predicted octanol–water partition coefficient (Wildman–Crippen LogP) is 7.20. The molecule has 0 amide bonds. The highest BCUT2D eigenvalue weighted by atomic mass is 16.1. The van der Waals surface area contributed by atoms with Crippen LogP contribution >= 0.6 is 0 Å². The molecule has 0 bridgehead atoms. The van der Waals surface area contributed by atoms with Crippen molar-refractivity contribution in [2.75, 3.05) is 0 Å². The van der Waals surface area contributed by atoms with E-state index in [1.165, 1.54) is 22.3 Å². The molecule has 0 radical (unpaired) electrons. The van der Waals surface area contributed by atoms with Gasteiger partial charge in [-0.25, -0.2) is 0 Å². The number of carbonyl (C=O) groups excluding carboxylic acids is 1. The van der Waals surface area contributed by atoms with Crippen LogP contribution in [0, 0.1) is 10.8 Å². The van der Waals surface area contributed by atoms with Gasteiger partial charge in [0.15, 0.2) is 5.78 Å². The lowest BCUT2D eigenvalue weighted by molar-refractivity contribution is -0.113. The van der Waals surface area contributed by atoms with E-state index in [-0.39, 0.29) is 10.8 Å². The zero-order valence-corrected chi connectivity index (χ0v) is 17.9. The molecule has 0 saturated heterocycles. The molecule has 0 spiro atoms. The summed E-state index contributed by atoms with van der Waals surface area (Å²) in [5, 5.41) is 0. The van der Waals surface area contributed by atoms with Crippen LogP contribution in [0.4, 0.5) is 0 Å². The van der Waals surface area contributed by atoms with Crippen molar-refractivity contribution in [2.45, 2.75) is 73.6 Å². The van der Waals surface area contributed by atoms with Crippen LogP contribution in [0.1, 0.15) is 73.6 Å². The van der Waals surface area contributed by atoms with Crippen LogP contribution in [0.15, 0.2) is 69.9 Å². The van der Waals surface area contributed by atoms with Gasteiger partial charge < -0.3 is 0 Å². The summed E-state index contributed by atoms with van der Waals surface area (Å²) in [4.78, 5) is 13.3. The molecule has 27 heavy (non-hydrogen) atoms. The fourth-order valence-electron chi connectivity index (χ4n) is 4.12. The third kappa shape index (κ3) is 4.34. The number of rotatable bonds is 0. The molecule has 0 heterocycles. The van der Waals surface area contributed by atoms with Gasteiger partial charge in [0.05, 0.1) is 0 Å². The van der Waals surface area contributed by atoms with E-state index in [2.05, 4.69) is 78.0 Å². The van der Waals surface area contributed by atoms with Crippen LogP contribution in [0.3, 0.4) is 0 Å². The van der Waals surface area contributed by atoms with Gasteiger partial charge in [0, 0.05) is 11.1 Å². The average molecular weight is 363 g/mol. The largest absolute Gasteiger partial charge is 0.289 e. The molecule has 3 aliphatic rings. The van der Waals surface area contributed by atoms with Crippen LogP contribution < -0.4 is 0 Å². The number of allylic oxidation sites excluding steroid dienone is 12. The van der Waals surface area contributed by atoms with Gasteiger partial charge in [-0.15, -0.1) is 0 Å². The molecule has 3 aliphatic carbocycles. The molecule has 1 saturated carbocycles. The monoisotopic (exact) mass is 362 g/mol. The summed E-state index contributed by atoms with van der Waals surface area (Å²) in [5.74, 6) is 0.292. The zero-order chi connectivity index (χ0) is 19.8. The Morgan fingerprint density at radius 2 is 1.07 bits per heavy atom. The topological polar surface area (TPSA) is 17.1 Å². The van der Waals surface area contributed by atoms with Crippen molar-refractivity contribution in [3.63, 3.8) is 0 Å². The first-order valence-corrected chi connectivity index (χ1v) is 10.3. The van der Waals surface area contributed by atoms with Gasteiger partial charge in [-0.3, -0.25) is 4.79 Å². The van der Waals surface area contributed by atoms with Crippen LogP contribution in [0.25, 0.3) is 0 Å². The molecule has 0 atom stereocenters. The molecule has 0 aromatic heterocycles. The molecular weight excluding hydrogens is 328 g/mol. The molecule has 1 nitrogen and oxygen atoms in total. The minimum absolute atomic E-state index is 0.167. The SMILES string of the molecule is CC(C)(C)C1=CCC(=C2CCCC(=C3C=CC(C(C)(C)C)=CC3)C2=O)C=C1. The predicted molar refractivity (Wildman–Crippen MR) is 116 cm³/mol. The van der Waals surface area contributed by atoms with Crippen molar-refractivity contribution in [3.8, 4) is 0 Å². The maximum atomic E-state index is 13.3. The summed E-state index contributed by atoms with van der Waals surface area (Å²) in [6.45, 7) is 13.4. The molecule has 3 rings (SSSR count). The van der Waals surface area contributed by atoms with Crippen molar-refractivity contribution in [2.24, 2.45) is 10.8 Å². The Kier molecular flexibility index (Phi) is 5.34. The smallest absolute Gasteiger partial charge is 0.185 e. The zero-order valence-electron chi connectivity index (χ0n) is 17.9. The van der Waals surface area contributed by atoms with Gasteiger partial charge in [0.1, 0.15) is 0 Å². The summed E-state index contributed by atoms with van der Waals surface area (Å²) in [7, 11) is 0. The Hall–Kier alpha value is -1.89. The van der Waals surface area contributed by atoms with E-state index < -0.39 is 0 Å². The van der Waals surface area contributed by atoms with E-state index >= 15 is 0 Å². The average Bonchev–Trinajstić information content (AvgIpc) is 2.61. The van der Waals surface area contributed by atoms with E-state index in [4.69, 9.17) is 0 Å². The molecule has 1 fully saturated rings. The molecule has 0 N–H and O–H groups in total. The van der Waals surface area contributed by atoms with Crippen molar-refractivity contribution in [1.29, 1.82) is 0 Å². The molecular formula is C26H34O.